The Labute approximate surface area is 257 Å². The van der Waals surface area contributed by atoms with Crippen LogP contribution >= 0.6 is 15.9 Å². The summed E-state index contributed by atoms with van der Waals surface area (Å²) in [6.07, 6.45) is 0. The standard InChI is InChI=1S/C31H38BrN3O6S/c1-21(2)18-33-31(37)23(4)34(19-24-9-11-25(32)12-10-24)30(36)20-35(26-13-7-22(3)8-14-26)42(38,39)27-15-16-28(40-5)29(17-27)41-6/h7-17,21,23H,18-20H2,1-6H3,(H,33,37)/t23-/m0/s1. The lowest BCUT2D eigenvalue weighted by Gasteiger charge is -2.32. The van der Waals surface area contributed by atoms with Crippen LogP contribution in [0.15, 0.2) is 76.1 Å². The zero-order valence-electron chi connectivity index (χ0n) is 24.8. The third-order valence-electron chi connectivity index (χ3n) is 6.66. The van der Waals surface area contributed by atoms with Crippen molar-refractivity contribution in [3.05, 3.63) is 82.3 Å². The van der Waals surface area contributed by atoms with Crippen molar-refractivity contribution in [3.63, 3.8) is 0 Å². The summed E-state index contributed by atoms with van der Waals surface area (Å²) >= 11 is 3.42. The van der Waals surface area contributed by atoms with Crippen molar-refractivity contribution in [2.75, 3.05) is 31.6 Å². The molecule has 9 nitrogen and oxygen atoms in total. The van der Waals surface area contributed by atoms with Gasteiger partial charge in [-0.25, -0.2) is 8.42 Å². The molecule has 3 aromatic carbocycles. The van der Waals surface area contributed by atoms with Crippen LogP contribution < -0.4 is 19.1 Å². The highest BCUT2D eigenvalue weighted by Gasteiger charge is 2.33. The van der Waals surface area contributed by atoms with Gasteiger partial charge in [0.15, 0.2) is 11.5 Å². The zero-order chi connectivity index (χ0) is 31.0. The largest absolute Gasteiger partial charge is 0.493 e. The number of amides is 2. The van der Waals surface area contributed by atoms with E-state index in [1.165, 1.54) is 37.3 Å². The minimum atomic E-state index is -4.26. The van der Waals surface area contributed by atoms with Gasteiger partial charge in [-0.1, -0.05) is 59.6 Å². The van der Waals surface area contributed by atoms with Crippen LogP contribution in [0.3, 0.4) is 0 Å². The Kier molecular flexibility index (Phi) is 11.4. The molecule has 0 saturated heterocycles. The number of hydrogen-bond donors (Lipinski definition) is 1. The molecular formula is C31H38BrN3O6S. The van der Waals surface area contributed by atoms with Gasteiger partial charge < -0.3 is 19.7 Å². The lowest BCUT2D eigenvalue weighted by Crippen LogP contribution is -2.51. The van der Waals surface area contributed by atoms with Crippen LogP contribution in [0, 0.1) is 12.8 Å². The fraction of sp³-hybridized carbons (Fsp3) is 0.355. The minimum absolute atomic E-state index is 0.0734. The summed E-state index contributed by atoms with van der Waals surface area (Å²) in [5.74, 6) is -0.0219. The summed E-state index contributed by atoms with van der Waals surface area (Å²) in [6.45, 7) is 7.53. The van der Waals surface area contributed by atoms with E-state index in [1.54, 1.807) is 31.2 Å². The molecule has 0 radical (unpaired) electrons. The maximum atomic E-state index is 14.1. The number of benzene rings is 3. The number of carbonyl (C=O) groups excluding carboxylic acids is 2. The van der Waals surface area contributed by atoms with E-state index in [0.29, 0.717) is 18.0 Å². The van der Waals surface area contributed by atoms with Gasteiger partial charge >= 0.3 is 0 Å². The summed E-state index contributed by atoms with van der Waals surface area (Å²) in [5.41, 5.74) is 2.03. The number of nitrogens with one attached hydrogen (secondary N) is 1. The number of aryl methyl sites for hydroxylation is 1. The van der Waals surface area contributed by atoms with Crippen LogP contribution in [-0.4, -0.2) is 58.5 Å². The number of sulfonamides is 1. The maximum absolute atomic E-state index is 14.1. The fourth-order valence-corrected chi connectivity index (χ4v) is 5.86. The third-order valence-corrected chi connectivity index (χ3v) is 8.96. The summed E-state index contributed by atoms with van der Waals surface area (Å²) < 4.78 is 40.7. The van der Waals surface area contributed by atoms with Crippen molar-refractivity contribution in [1.82, 2.24) is 10.2 Å². The fourth-order valence-electron chi connectivity index (χ4n) is 4.17. The molecule has 0 saturated carbocycles. The second kappa shape index (κ2) is 14.6. The van der Waals surface area contributed by atoms with E-state index in [2.05, 4.69) is 21.2 Å². The molecule has 0 aromatic heterocycles. The minimum Gasteiger partial charge on any atom is -0.493 e. The zero-order valence-corrected chi connectivity index (χ0v) is 27.2. The van der Waals surface area contributed by atoms with E-state index in [4.69, 9.17) is 9.47 Å². The van der Waals surface area contributed by atoms with E-state index in [0.717, 1.165) is 19.9 Å². The van der Waals surface area contributed by atoms with Crippen LogP contribution in [0.4, 0.5) is 5.69 Å². The van der Waals surface area contributed by atoms with Gasteiger partial charge in [-0.2, -0.15) is 0 Å². The predicted octanol–water partition coefficient (Wildman–Crippen LogP) is 5.16. The van der Waals surface area contributed by atoms with Gasteiger partial charge in [-0.15, -0.1) is 0 Å². The first kappa shape index (κ1) is 32.9. The van der Waals surface area contributed by atoms with Crippen LogP contribution in [-0.2, 0) is 26.2 Å². The number of ether oxygens (including phenoxy) is 2. The topological polar surface area (TPSA) is 105 Å². The normalized spacial score (nSPS) is 12.0. The van der Waals surface area contributed by atoms with Crippen molar-refractivity contribution in [3.8, 4) is 11.5 Å². The Morgan fingerprint density at radius 3 is 2.10 bits per heavy atom. The lowest BCUT2D eigenvalue weighted by molar-refractivity contribution is -0.139. The number of nitrogens with zero attached hydrogens (tertiary/aromatic N) is 2. The summed E-state index contributed by atoms with van der Waals surface area (Å²) in [7, 11) is -1.38. The molecule has 3 rings (SSSR count). The Balaban J connectivity index is 2.04. The maximum Gasteiger partial charge on any atom is 0.264 e. The summed E-state index contributed by atoms with van der Waals surface area (Å²) in [5, 5.41) is 2.88. The molecule has 226 valence electrons. The average molecular weight is 661 g/mol. The van der Waals surface area contributed by atoms with Crippen LogP contribution in [0.25, 0.3) is 0 Å². The Morgan fingerprint density at radius 2 is 1.52 bits per heavy atom. The number of halogens is 1. The van der Waals surface area contributed by atoms with Crippen molar-refractivity contribution in [1.29, 1.82) is 0 Å². The monoisotopic (exact) mass is 659 g/mol. The van der Waals surface area contributed by atoms with E-state index in [1.807, 2.05) is 45.0 Å². The number of rotatable bonds is 13. The first-order chi connectivity index (χ1) is 19.9. The lowest BCUT2D eigenvalue weighted by atomic mass is 10.1. The van der Waals surface area contributed by atoms with E-state index >= 15 is 0 Å². The molecule has 2 amide bonds. The summed E-state index contributed by atoms with van der Waals surface area (Å²) in [4.78, 5) is 28.5. The second-order valence-corrected chi connectivity index (χ2v) is 13.1. The van der Waals surface area contributed by atoms with Gasteiger partial charge in [0.2, 0.25) is 11.8 Å². The molecule has 0 unspecified atom stereocenters. The van der Waals surface area contributed by atoms with E-state index in [9.17, 15) is 18.0 Å². The molecule has 0 aliphatic carbocycles. The predicted molar refractivity (Wildman–Crippen MR) is 167 cm³/mol. The molecule has 11 heteroatoms. The molecule has 42 heavy (non-hydrogen) atoms. The molecule has 0 bridgehead atoms. The average Bonchev–Trinajstić information content (AvgIpc) is 2.97. The van der Waals surface area contributed by atoms with Crippen LogP contribution in [0.1, 0.15) is 31.9 Å². The molecule has 1 N–H and O–H groups in total. The molecule has 0 fully saturated rings. The number of carbonyl (C=O) groups is 2. The summed E-state index contributed by atoms with van der Waals surface area (Å²) in [6, 6.07) is 17.7. The highest BCUT2D eigenvalue weighted by Crippen LogP contribution is 2.32. The van der Waals surface area contributed by atoms with Gasteiger partial charge in [0.25, 0.3) is 10.0 Å². The highest BCUT2D eigenvalue weighted by atomic mass is 79.9. The van der Waals surface area contributed by atoms with Crippen LogP contribution in [0.2, 0.25) is 0 Å². The second-order valence-electron chi connectivity index (χ2n) is 10.3. The SMILES string of the molecule is COc1ccc(S(=O)(=O)N(CC(=O)N(Cc2ccc(Br)cc2)[C@@H](C)C(=O)NCC(C)C)c2ccc(C)cc2)cc1OC. The Bertz CT molecular complexity index is 1480. The number of methoxy groups -OCH3 is 2. The van der Waals surface area contributed by atoms with Gasteiger partial charge in [-0.3, -0.25) is 13.9 Å². The van der Waals surface area contributed by atoms with Gasteiger partial charge in [-0.05, 0) is 61.7 Å². The first-order valence-corrected chi connectivity index (χ1v) is 15.7. The van der Waals surface area contributed by atoms with E-state index < -0.39 is 28.5 Å². The van der Waals surface area contributed by atoms with Crippen molar-refractivity contribution >= 4 is 43.5 Å². The van der Waals surface area contributed by atoms with Gasteiger partial charge in [0.05, 0.1) is 24.8 Å². The van der Waals surface area contributed by atoms with Crippen molar-refractivity contribution in [2.45, 2.75) is 45.2 Å². The smallest absolute Gasteiger partial charge is 0.264 e. The van der Waals surface area contributed by atoms with Crippen molar-refractivity contribution in [2.24, 2.45) is 5.92 Å². The highest BCUT2D eigenvalue weighted by molar-refractivity contribution is 9.10. The molecule has 0 aliphatic heterocycles. The molecule has 3 aromatic rings. The van der Waals surface area contributed by atoms with Gasteiger partial charge in [0.1, 0.15) is 12.6 Å². The number of hydrogen-bond acceptors (Lipinski definition) is 6. The van der Waals surface area contributed by atoms with Crippen molar-refractivity contribution < 1.29 is 27.5 Å². The quantitative estimate of drug-likeness (QED) is 0.272. The Morgan fingerprint density at radius 1 is 0.905 bits per heavy atom. The van der Waals surface area contributed by atoms with Crippen LogP contribution in [0.5, 0.6) is 11.5 Å². The molecular weight excluding hydrogens is 622 g/mol. The molecule has 0 spiro atoms. The third kappa shape index (κ3) is 8.25. The van der Waals surface area contributed by atoms with Gasteiger partial charge in [0, 0.05) is 23.6 Å². The molecule has 0 heterocycles. The number of anilines is 1. The Hall–Kier alpha value is -3.57. The molecule has 0 aliphatic rings. The van der Waals surface area contributed by atoms with E-state index in [-0.39, 0.29) is 29.0 Å². The molecule has 1 atom stereocenters. The first-order valence-electron chi connectivity index (χ1n) is 13.5.